The van der Waals surface area contributed by atoms with Gasteiger partial charge >= 0.3 is 6.18 Å². The van der Waals surface area contributed by atoms with E-state index in [1.54, 1.807) is 6.07 Å². The highest BCUT2D eigenvalue weighted by molar-refractivity contribution is 7.15. The molecular formula is C14H14F3NS. The molecular weight excluding hydrogens is 271 g/mol. The standard InChI is InChI=1S/C14H14F3NS/c1-2-18-9-12-6-7-13(19-12)10-4-3-5-11(8-10)14(15,16)17/h3-8,18H,2,9H2,1H3. The van der Waals surface area contributed by atoms with Gasteiger partial charge in [-0.15, -0.1) is 11.3 Å². The highest BCUT2D eigenvalue weighted by atomic mass is 32.1. The van der Waals surface area contributed by atoms with Crippen molar-refractivity contribution in [2.24, 2.45) is 0 Å². The lowest BCUT2D eigenvalue weighted by molar-refractivity contribution is -0.137. The van der Waals surface area contributed by atoms with Gasteiger partial charge in [0.1, 0.15) is 0 Å². The third kappa shape index (κ3) is 3.58. The molecule has 2 rings (SSSR count). The zero-order valence-electron chi connectivity index (χ0n) is 10.4. The van der Waals surface area contributed by atoms with Crippen molar-refractivity contribution in [1.82, 2.24) is 5.32 Å². The molecule has 1 nitrogen and oxygen atoms in total. The van der Waals surface area contributed by atoms with Crippen molar-refractivity contribution in [1.29, 1.82) is 0 Å². The van der Waals surface area contributed by atoms with Crippen LogP contribution in [0, 0.1) is 0 Å². The molecule has 0 aliphatic carbocycles. The number of nitrogens with one attached hydrogen (secondary N) is 1. The van der Waals surface area contributed by atoms with Gasteiger partial charge in [0.2, 0.25) is 0 Å². The highest BCUT2D eigenvalue weighted by Crippen LogP contribution is 2.34. The molecule has 1 N–H and O–H groups in total. The molecule has 0 amide bonds. The Labute approximate surface area is 114 Å². The largest absolute Gasteiger partial charge is 0.416 e. The van der Waals surface area contributed by atoms with E-state index in [2.05, 4.69) is 5.32 Å². The predicted molar refractivity (Wildman–Crippen MR) is 72.1 cm³/mol. The molecule has 0 atom stereocenters. The van der Waals surface area contributed by atoms with E-state index in [-0.39, 0.29) is 0 Å². The average Bonchev–Trinajstić information content (AvgIpc) is 2.84. The van der Waals surface area contributed by atoms with Gasteiger partial charge < -0.3 is 5.32 Å². The van der Waals surface area contributed by atoms with Crippen LogP contribution in [0.1, 0.15) is 17.4 Å². The van der Waals surface area contributed by atoms with Crippen LogP contribution in [0.3, 0.4) is 0 Å². The molecule has 0 radical (unpaired) electrons. The number of alkyl halides is 3. The summed E-state index contributed by atoms with van der Waals surface area (Å²) in [5.41, 5.74) is 0.00852. The Hall–Kier alpha value is -1.33. The summed E-state index contributed by atoms with van der Waals surface area (Å²) in [6.45, 7) is 3.64. The third-order valence-corrected chi connectivity index (χ3v) is 3.82. The first-order chi connectivity index (χ1) is 9.00. The van der Waals surface area contributed by atoms with Gasteiger partial charge in [0.15, 0.2) is 0 Å². The van der Waals surface area contributed by atoms with Crippen LogP contribution in [-0.2, 0) is 12.7 Å². The van der Waals surface area contributed by atoms with Crippen LogP contribution in [-0.4, -0.2) is 6.54 Å². The second kappa shape index (κ2) is 5.75. The summed E-state index contributed by atoms with van der Waals surface area (Å²) in [7, 11) is 0. The zero-order valence-corrected chi connectivity index (χ0v) is 11.2. The quantitative estimate of drug-likeness (QED) is 0.869. The van der Waals surface area contributed by atoms with Crippen LogP contribution < -0.4 is 5.32 Å². The smallest absolute Gasteiger partial charge is 0.312 e. The fraction of sp³-hybridized carbons (Fsp3) is 0.286. The fourth-order valence-electron chi connectivity index (χ4n) is 1.73. The number of hydrogen-bond acceptors (Lipinski definition) is 2. The molecule has 102 valence electrons. The number of rotatable bonds is 4. The van der Waals surface area contributed by atoms with Gasteiger partial charge in [-0.25, -0.2) is 0 Å². The second-order valence-electron chi connectivity index (χ2n) is 4.12. The van der Waals surface area contributed by atoms with E-state index in [4.69, 9.17) is 0 Å². The molecule has 0 saturated carbocycles. The molecule has 5 heteroatoms. The number of hydrogen-bond donors (Lipinski definition) is 1. The summed E-state index contributed by atoms with van der Waals surface area (Å²) >= 11 is 1.52. The highest BCUT2D eigenvalue weighted by Gasteiger charge is 2.30. The van der Waals surface area contributed by atoms with Crippen molar-refractivity contribution < 1.29 is 13.2 Å². The van der Waals surface area contributed by atoms with E-state index in [1.807, 2.05) is 19.1 Å². The van der Waals surface area contributed by atoms with E-state index in [9.17, 15) is 13.2 Å². The lowest BCUT2D eigenvalue weighted by Crippen LogP contribution is -2.10. The van der Waals surface area contributed by atoms with Gasteiger partial charge in [0.25, 0.3) is 0 Å². The van der Waals surface area contributed by atoms with Crippen LogP contribution in [0.25, 0.3) is 10.4 Å². The number of benzene rings is 1. The molecule has 0 aliphatic rings. The minimum atomic E-state index is -4.29. The summed E-state index contributed by atoms with van der Waals surface area (Å²) in [6.07, 6.45) is -4.29. The SMILES string of the molecule is CCNCc1ccc(-c2cccc(C(F)(F)F)c2)s1. The normalized spacial score (nSPS) is 11.8. The maximum Gasteiger partial charge on any atom is 0.416 e. The molecule has 1 aromatic heterocycles. The van der Waals surface area contributed by atoms with Crippen LogP contribution in [0.5, 0.6) is 0 Å². The van der Waals surface area contributed by atoms with E-state index in [1.165, 1.54) is 23.5 Å². The molecule has 0 saturated heterocycles. The Kier molecular flexibility index (Phi) is 4.27. The summed E-state index contributed by atoms with van der Waals surface area (Å²) in [6, 6.07) is 9.26. The third-order valence-electron chi connectivity index (χ3n) is 2.69. The topological polar surface area (TPSA) is 12.0 Å². The van der Waals surface area contributed by atoms with Crippen LogP contribution >= 0.6 is 11.3 Å². The summed E-state index contributed by atoms with van der Waals surface area (Å²) in [5, 5.41) is 3.20. The van der Waals surface area contributed by atoms with Gasteiger partial charge in [0, 0.05) is 16.3 Å². The maximum atomic E-state index is 12.6. The van der Waals surface area contributed by atoms with E-state index in [0.29, 0.717) is 5.56 Å². The Morgan fingerprint density at radius 1 is 1.16 bits per heavy atom. The van der Waals surface area contributed by atoms with E-state index in [0.717, 1.165) is 28.9 Å². The van der Waals surface area contributed by atoms with Crippen molar-refractivity contribution >= 4 is 11.3 Å². The minimum Gasteiger partial charge on any atom is -0.312 e. The van der Waals surface area contributed by atoms with E-state index < -0.39 is 11.7 Å². The Morgan fingerprint density at radius 2 is 1.95 bits per heavy atom. The first-order valence-electron chi connectivity index (χ1n) is 5.98. The molecule has 19 heavy (non-hydrogen) atoms. The molecule has 0 fully saturated rings. The van der Waals surface area contributed by atoms with Gasteiger partial charge in [-0.1, -0.05) is 19.1 Å². The minimum absolute atomic E-state index is 0.605. The Balaban J connectivity index is 2.24. The average molecular weight is 285 g/mol. The molecule has 2 aromatic rings. The first-order valence-corrected chi connectivity index (χ1v) is 6.79. The Morgan fingerprint density at radius 3 is 2.63 bits per heavy atom. The monoisotopic (exact) mass is 285 g/mol. The van der Waals surface area contributed by atoms with Crippen molar-refractivity contribution in [3.05, 3.63) is 46.8 Å². The summed E-state index contributed by atoms with van der Waals surface area (Å²) < 4.78 is 37.9. The molecule has 0 bridgehead atoms. The van der Waals surface area contributed by atoms with Gasteiger partial charge in [-0.3, -0.25) is 0 Å². The number of thiophene rings is 1. The first kappa shape index (κ1) is 14.1. The van der Waals surface area contributed by atoms with Crippen molar-refractivity contribution in [3.63, 3.8) is 0 Å². The number of halogens is 3. The van der Waals surface area contributed by atoms with Crippen molar-refractivity contribution in [2.75, 3.05) is 6.54 Å². The lowest BCUT2D eigenvalue weighted by Gasteiger charge is -2.07. The molecule has 0 unspecified atom stereocenters. The maximum absolute atomic E-state index is 12.6. The van der Waals surface area contributed by atoms with Crippen molar-refractivity contribution in [3.8, 4) is 10.4 Å². The summed E-state index contributed by atoms with van der Waals surface area (Å²) in [4.78, 5) is 1.98. The van der Waals surface area contributed by atoms with Crippen LogP contribution in [0.2, 0.25) is 0 Å². The molecule has 0 spiro atoms. The molecule has 1 heterocycles. The van der Waals surface area contributed by atoms with Crippen LogP contribution in [0.15, 0.2) is 36.4 Å². The fourth-order valence-corrected chi connectivity index (χ4v) is 2.70. The van der Waals surface area contributed by atoms with Gasteiger partial charge in [-0.2, -0.15) is 13.2 Å². The second-order valence-corrected chi connectivity index (χ2v) is 5.29. The van der Waals surface area contributed by atoms with Gasteiger partial charge in [-0.05, 0) is 36.4 Å². The summed E-state index contributed by atoms with van der Waals surface area (Å²) in [5.74, 6) is 0. The van der Waals surface area contributed by atoms with Crippen molar-refractivity contribution in [2.45, 2.75) is 19.6 Å². The lowest BCUT2D eigenvalue weighted by atomic mass is 10.1. The molecule has 1 aromatic carbocycles. The van der Waals surface area contributed by atoms with E-state index >= 15 is 0 Å². The van der Waals surface area contributed by atoms with Crippen LogP contribution in [0.4, 0.5) is 13.2 Å². The van der Waals surface area contributed by atoms with Gasteiger partial charge in [0.05, 0.1) is 5.56 Å². The Bertz CT molecular complexity index is 546. The molecule has 0 aliphatic heterocycles. The zero-order chi connectivity index (χ0) is 13.9. The predicted octanol–water partition coefficient (Wildman–Crippen LogP) is 4.54.